The number of furan rings is 1. The standard InChI is InChI=1S/C16H16FNO5/c1-4-12-10(16(20)21)8-14(23-12)15(19)18(2)9-5-6-13(22-3)11(17)7-9/h5-8H,4H2,1-3H3,(H,20,21). The molecule has 1 amide bonds. The van der Waals surface area contributed by atoms with Crippen molar-refractivity contribution in [3.63, 3.8) is 0 Å². The van der Waals surface area contributed by atoms with Crippen LogP contribution >= 0.6 is 0 Å². The summed E-state index contributed by atoms with van der Waals surface area (Å²) in [6.45, 7) is 1.72. The molecule has 0 aliphatic rings. The summed E-state index contributed by atoms with van der Waals surface area (Å²) in [5.74, 6) is -2.17. The van der Waals surface area contributed by atoms with Crippen LogP contribution in [0.2, 0.25) is 0 Å². The highest BCUT2D eigenvalue weighted by Crippen LogP contribution is 2.25. The van der Waals surface area contributed by atoms with E-state index in [1.807, 2.05) is 0 Å². The normalized spacial score (nSPS) is 10.4. The summed E-state index contributed by atoms with van der Waals surface area (Å²) in [5, 5.41) is 9.09. The molecule has 0 fully saturated rings. The van der Waals surface area contributed by atoms with Gasteiger partial charge in [-0.2, -0.15) is 0 Å². The second-order valence-electron chi connectivity index (χ2n) is 4.79. The number of carboxylic acids is 1. The van der Waals surface area contributed by atoms with Crippen molar-refractivity contribution in [2.24, 2.45) is 0 Å². The Bertz CT molecular complexity index is 753. The fourth-order valence-electron chi connectivity index (χ4n) is 2.12. The van der Waals surface area contributed by atoms with Gasteiger partial charge in [-0.1, -0.05) is 6.92 Å². The number of hydrogen-bond donors (Lipinski definition) is 1. The Labute approximate surface area is 132 Å². The fourth-order valence-corrected chi connectivity index (χ4v) is 2.12. The minimum absolute atomic E-state index is 0.0508. The maximum Gasteiger partial charge on any atom is 0.339 e. The van der Waals surface area contributed by atoms with Crippen molar-refractivity contribution in [1.29, 1.82) is 0 Å². The summed E-state index contributed by atoms with van der Waals surface area (Å²) in [6, 6.07) is 5.25. The van der Waals surface area contributed by atoms with Gasteiger partial charge in [0.25, 0.3) is 5.91 Å². The number of nitrogens with zero attached hydrogens (tertiary/aromatic N) is 1. The first-order chi connectivity index (χ1) is 10.9. The number of amides is 1. The van der Waals surface area contributed by atoms with Gasteiger partial charge in [0.05, 0.1) is 7.11 Å². The number of anilines is 1. The number of benzene rings is 1. The Kier molecular flexibility index (Phi) is 4.68. The van der Waals surface area contributed by atoms with E-state index in [1.54, 1.807) is 6.92 Å². The van der Waals surface area contributed by atoms with Gasteiger partial charge in [-0.15, -0.1) is 0 Å². The van der Waals surface area contributed by atoms with Crippen LogP contribution in [0.4, 0.5) is 10.1 Å². The Balaban J connectivity index is 2.33. The highest BCUT2D eigenvalue weighted by atomic mass is 19.1. The monoisotopic (exact) mass is 321 g/mol. The smallest absolute Gasteiger partial charge is 0.339 e. The highest BCUT2D eigenvalue weighted by Gasteiger charge is 2.23. The number of methoxy groups -OCH3 is 1. The van der Waals surface area contributed by atoms with Gasteiger partial charge < -0.3 is 19.2 Å². The maximum absolute atomic E-state index is 13.7. The van der Waals surface area contributed by atoms with Gasteiger partial charge in [0, 0.05) is 31.3 Å². The van der Waals surface area contributed by atoms with E-state index in [0.717, 1.165) is 6.07 Å². The Morgan fingerprint density at radius 3 is 2.52 bits per heavy atom. The molecule has 0 radical (unpaired) electrons. The molecule has 1 aromatic heterocycles. The van der Waals surface area contributed by atoms with Gasteiger partial charge in [0.15, 0.2) is 17.3 Å². The van der Waals surface area contributed by atoms with Crippen molar-refractivity contribution in [1.82, 2.24) is 0 Å². The lowest BCUT2D eigenvalue weighted by Gasteiger charge is -2.16. The second kappa shape index (κ2) is 6.51. The average molecular weight is 321 g/mol. The highest BCUT2D eigenvalue weighted by molar-refractivity contribution is 6.05. The third kappa shape index (κ3) is 3.18. The first kappa shape index (κ1) is 16.5. The first-order valence-electron chi connectivity index (χ1n) is 6.86. The fraction of sp³-hybridized carbons (Fsp3) is 0.250. The first-order valence-corrected chi connectivity index (χ1v) is 6.86. The van der Waals surface area contributed by atoms with E-state index in [9.17, 15) is 14.0 Å². The van der Waals surface area contributed by atoms with Gasteiger partial charge in [0.2, 0.25) is 0 Å². The van der Waals surface area contributed by atoms with Crippen LogP contribution in [-0.2, 0) is 6.42 Å². The second-order valence-corrected chi connectivity index (χ2v) is 4.79. The third-order valence-corrected chi connectivity index (χ3v) is 3.40. The van der Waals surface area contributed by atoms with Gasteiger partial charge in [0.1, 0.15) is 11.3 Å². The van der Waals surface area contributed by atoms with Crippen LogP contribution in [-0.4, -0.2) is 31.1 Å². The molecule has 7 heteroatoms. The van der Waals surface area contributed by atoms with E-state index in [1.165, 1.54) is 37.3 Å². The molecule has 1 heterocycles. The summed E-state index contributed by atoms with van der Waals surface area (Å²) >= 11 is 0. The summed E-state index contributed by atoms with van der Waals surface area (Å²) in [4.78, 5) is 24.7. The van der Waals surface area contributed by atoms with E-state index >= 15 is 0 Å². The predicted molar refractivity (Wildman–Crippen MR) is 80.7 cm³/mol. The van der Waals surface area contributed by atoms with E-state index in [0.29, 0.717) is 12.1 Å². The zero-order valence-electron chi connectivity index (χ0n) is 12.9. The van der Waals surface area contributed by atoms with Crippen molar-refractivity contribution in [3.05, 3.63) is 47.2 Å². The van der Waals surface area contributed by atoms with Crippen LogP contribution in [0.15, 0.2) is 28.7 Å². The molecular weight excluding hydrogens is 305 g/mol. The number of halogens is 1. The zero-order chi connectivity index (χ0) is 17.1. The third-order valence-electron chi connectivity index (χ3n) is 3.40. The molecule has 6 nitrogen and oxygen atoms in total. The molecule has 1 aromatic carbocycles. The van der Waals surface area contributed by atoms with Gasteiger partial charge >= 0.3 is 5.97 Å². The van der Waals surface area contributed by atoms with Gasteiger partial charge in [-0.05, 0) is 12.1 Å². The summed E-state index contributed by atoms with van der Waals surface area (Å²) in [5.41, 5.74) is 0.241. The van der Waals surface area contributed by atoms with Crippen molar-refractivity contribution < 1.29 is 28.2 Å². The van der Waals surface area contributed by atoms with Crippen molar-refractivity contribution >= 4 is 17.6 Å². The molecule has 1 N–H and O–H groups in total. The quantitative estimate of drug-likeness (QED) is 0.916. The molecule has 0 spiro atoms. The molecule has 2 aromatic rings. The molecule has 0 aliphatic heterocycles. The van der Waals surface area contributed by atoms with Crippen molar-refractivity contribution in [2.75, 3.05) is 19.1 Å². The van der Waals surface area contributed by atoms with Gasteiger partial charge in [-0.3, -0.25) is 4.79 Å². The van der Waals surface area contributed by atoms with Crippen LogP contribution in [0.5, 0.6) is 5.75 Å². The maximum atomic E-state index is 13.7. The Hall–Kier alpha value is -2.83. The van der Waals surface area contributed by atoms with E-state index in [4.69, 9.17) is 14.3 Å². The average Bonchev–Trinajstić information content (AvgIpc) is 2.98. The number of carboxylic acid groups (broad SMARTS) is 1. The lowest BCUT2D eigenvalue weighted by molar-refractivity contribution is 0.0694. The van der Waals surface area contributed by atoms with E-state index < -0.39 is 17.7 Å². The Morgan fingerprint density at radius 2 is 2.04 bits per heavy atom. The molecule has 0 aliphatic carbocycles. The van der Waals surface area contributed by atoms with Crippen molar-refractivity contribution in [3.8, 4) is 5.75 Å². The minimum atomic E-state index is -1.16. The molecular formula is C16H16FNO5. The van der Waals surface area contributed by atoms with Crippen LogP contribution in [0.3, 0.4) is 0 Å². The predicted octanol–water partition coefficient (Wildman–Crippen LogP) is 2.96. The topological polar surface area (TPSA) is 80.0 Å². The number of carbonyl (C=O) groups excluding carboxylic acids is 1. The summed E-state index contributed by atoms with van der Waals surface area (Å²) in [7, 11) is 2.79. The summed E-state index contributed by atoms with van der Waals surface area (Å²) in [6.07, 6.45) is 0.343. The largest absolute Gasteiger partial charge is 0.494 e. The van der Waals surface area contributed by atoms with E-state index in [-0.39, 0.29) is 22.8 Å². The molecule has 2 rings (SSSR count). The molecule has 0 atom stereocenters. The number of aromatic carboxylic acids is 1. The molecule has 0 saturated carbocycles. The number of carbonyl (C=O) groups is 2. The number of ether oxygens (including phenoxy) is 1. The summed E-state index contributed by atoms with van der Waals surface area (Å²) < 4.78 is 23.9. The lowest BCUT2D eigenvalue weighted by Crippen LogP contribution is -2.25. The molecule has 122 valence electrons. The van der Waals surface area contributed by atoms with Crippen LogP contribution in [0.25, 0.3) is 0 Å². The van der Waals surface area contributed by atoms with Crippen LogP contribution in [0, 0.1) is 5.82 Å². The molecule has 0 saturated heterocycles. The van der Waals surface area contributed by atoms with Crippen molar-refractivity contribution in [2.45, 2.75) is 13.3 Å². The minimum Gasteiger partial charge on any atom is -0.494 e. The van der Waals surface area contributed by atoms with E-state index in [2.05, 4.69) is 0 Å². The van der Waals surface area contributed by atoms with Crippen LogP contribution < -0.4 is 9.64 Å². The molecule has 0 unspecified atom stereocenters. The SMILES string of the molecule is CCc1oc(C(=O)N(C)c2ccc(OC)c(F)c2)cc1C(=O)O. The van der Waals surface area contributed by atoms with Gasteiger partial charge in [-0.25, -0.2) is 9.18 Å². The van der Waals surface area contributed by atoms with Crippen LogP contribution in [0.1, 0.15) is 33.6 Å². The number of aryl methyl sites for hydroxylation is 1. The lowest BCUT2D eigenvalue weighted by atomic mass is 10.2. The number of rotatable bonds is 5. The molecule has 0 bridgehead atoms. The Morgan fingerprint density at radius 1 is 1.35 bits per heavy atom. The molecule has 23 heavy (non-hydrogen) atoms. The zero-order valence-corrected chi connectivity index (χ0v) is 12.9. The number of hydrogen-bond acceptors (Lipinski definition) is 4.